The molecule has 0 unspecified atom stereocenters. The maximum atomic E-state index is 12.8. The number of nitro benzene ring substituents is 1. The Balaban J connectivity index is 1.89. The maximum absolute atomic E-state index is 12.8. The third kappa shape index (κ3) is 4.94. The van der Waals surface area contributed by atoms with Crippen molar-refractivity contribution in [2.45, 2.75) is 6.92 Å². The summed E-state index contributed by atoms with van der Waals surface area (Å²) in [6.07, 6.45) is 1.32. The van der Waals surface area contributed by atoms with Gasteiger partial charge in [-0.2, -0.15) is 5.10 Å². The molecule has 0 saturated carbocycles. The van der Waals surface area contributed by atoms with Crippen molar-refractivity contribution in [3.8, 4) is 0 Å². The van der Waals surface area contributed by atoms with Crippen LogP contribution < -0.4 is 10.7 Å². The van der Waals surface area contributed by atoms with Gasteiger partial charge in [-0.15, -0.1) is 0 Å². The Bertz CT molecular complexity index is 866. The molecule has 134 valence electrons. The van der Waals surface area contributed by atoms with Crippen molar-refractivity contribution in [2.24, 2.45) is 5.10 Å². The van der Waals surface area contributed by atoms with Crippen LogP contribution in [-0.2, 0) is 4.79 Å². The summed E-state index contributed by atoms with van der Waals surface area (Å²) in [4.78, 5) is 34.1. The summed E-state index contributed by atoms with van der Waals surface area (Å²) in [7, 11) is 0. The highest BCUT2D eigenvalue weighted by Gasteiger charge is 2.18. The number of carbonyl (C=O) groups is 2. The molecule has 2 rings (SSSR count). The Morgan fingerprint density at radius 3 is 2.58 bits per heavy atom. The minimum atomic E-state index is -0.608. The first-order valence-corrected chi connectivity index (χ1v) is 7.48. The lowest BCUT2D eigenvalue weighted by Gasteiger charge is -2.07. The van der Waals surface area contributed by atoms with Gasteiger partial charge in [0.1, 0.15) is 5.82 Å². The number of nitrogens with zero attached hydrogens (tertiary/aromatic N) is 2. The van der Waals surface area contributed by atoms with Crippen LogP contribution in [0.5, 0.6) is 0 Å². The van der Waals surface area contributed by atoms with E-state index in [0.717, 1.165) is 0 Å². The van der Waals surface area contributed by atoms with E-state index in [9.17, 15) is 24.1 Å². The summed E-state index contributed by atoms with van der Waals surface area (Å²) in [5.74, 6) is -1.58. The second kappa shape index (κ2) is 8.47. The Morgan fingerprint density at radius 2 is 1.92 bits per heavy atom. The highest BCUT2D eigenvalue weighted by atomic mass is 19.1. The third-order valence-corrected chi connectivity index (χ3v) is 3.43. The van der Waals surface area contributed by atoms with Gasteiger partial charge in [-0.05, 0) is 30.7 Å². The van der Waals surface area contributed by atoms with E-state index < -0.39 is 16.7 Å². The molecule has 0 aliphatic heterocycles. The number of nitrogens with one attached hydrogen (secondary N) is 2. The summed E-state index contributed by atoms with van der Waals surface area (Å²) in [6.45, 7) is 1.10. The molecule has 0 fully saturated rings. The maximum Gasteiger partial charge on any atom is 0.273 e. The largest absolute Gasteiger partial charge is 0.343 e. The Hall–Kier alpha value is -3.62. The van der Waals surface area contributed by atoms with Crippen LogP contribution in [-0.4, -0.2) is 29.5 Å². The molecule has 9 heteroatoms. The highest BCUT2D eigenvalue weighted by molar-refractivity contribution is 5.98. The standard InChI is InChI=1S/C17H15FN4O4/c1-11-14(3-2-4-15(11)22(25)26)17(24)19-10-16(23)21-20-9-12-5-7-13(18)8-6-12/h2-9H,10H2,1H3,(H,19,24)(H,21,23)/b20-9+. The minimum Gasteiger partial charge on any atom is -0.343 e. The summed E-state index contributed by atoms with van der Waals surface area (Å²) in [6, 6.07) is 9.60. The molecule has 0 aliphatic rings. The van der Waals surface area contributed by atoms with Crippen LogP contribution >= 0.6 is 0 Å². The molecule has 0 bridgehead atoms. The van der Waals surface area contributed by atoms with Crippen molar-refractivity contribution in [1.29, 1.82) is 0 Å². The van der Waals surface area contributed by atoms with Gasteiger partial charge < -0.3 is 5.32 Å². The lowest BCUT2D eigenvalue weighted by molar-refractivity contribution is -0.385. The molecule has 2 N–H and O–H groups in total. The van der Waals surface area contributed by atoms with E-state index in [2.05, 4.69) is 15.8 Å². The van der Waals surface area contributed by atoms with E-state index in [0.29, 0.717) is 5.56 Å². The lowest BCUT2D eigenvalue weighted by Crippen LogP contribution is -2.35. The zero-order valence-electron chi connectivity index (χ0n) is 13.7. The molecule has 0 aliphatic carbocycles. The van der Waals surface area contributed by atoms with Gasteiger partial charge in [-0.3, -0.25) is 19.7 Å². The Morgan fingerprint density at radius 1 is 1.23 bits per heavy atom. The summed E-state index contributed by atoms with van der Waals surface area (Å²) in [5.41, 5.74) is 2.95. The van der Waals surface area contributed by atoms with E-state index in [1.54, 1.807) is 0 Å². The molecule has 2 aromatic rings. The molecule has 0 saturated heterocycles. The number of hydrogen-bond acceptors (Lipinski definition) is 5. The third-order valence-electron chi connectivity index (χ3n) is 3.43. The summed E-state index contributed by atoms with van der Waals surface area (Å²) >= 11 is 0. The lowest BCUT2D eigenvalue weighted by atomic mass is 10.1. The second-order valence-corrected chi connectivity index (χ2v) is 5.23. The van der Waals surface area contributed by atoms with Gasteiger partial charge in [0.15, 0.2) is 0 Å². The van der Waals surface area contributed by atoms with Gasteiger partial charge in [-0.1, -0.05) is 18.2 Å². The monoisotopic (exact) mass is 358 g/mol. The molecule has 0 heterocycles. The quantitative estimate of drug-likeness (QED) is 0.466. The van der Waals surface area contributed by atoms with Crippen molar-refractivity contribution in [3.05, 3.63) is 75.1 Å². The molecule has 2 aromatic carbocycles. The zero-order chi connectivity index (χ0) is 19.1. The van der Waals surface area contributed by atoms with Gasteiger partial charge in [0, 0.05) is 17.2 Å². The van der Waals surface area contributed by atoms with Gasteiger partial charge in [0.25, 0.3) is 17.5 Å². The van der Waals surface area contributed by atoms with Crippen molar-refractivity contribution in [1.82, 2.24) is 10.7 Å². The van der Waals surface area contributed by atoms with Crippen LogP contribution in [0.15, 0.2) is 47.6 Å². The Labute approximate surface area is 147 Å². The van der Waals surface area contributed by atoms with Crippen molar-refractivity contribution >= 4 is 23.7 Å². The number of rotatable bonds is 6. The molecular weight excluding hydrogens is 343 g/mol. The molecule has 26 heavy (non-hydrogen) atoms. The Kier molecular flexibility index (Phi) is 6.10. The number of halogens is 1. The van der Waals surface area contributed by atoms with Crippen LogP contribution in [0.25, 0.3) is 0 Å². The van der Waals surface area contributed by atoms with Crippen LogP contribution in [0.3, 0.4) is 0 Å². The minimum absolute atomic E-state index is 0.113. The predicted octanol–water partition coefficient (Wildman–Crippen LogP) is 1.92. The molecule has 0 atom stereocenters. The number of amides is 2. The molecular formula is C17H15FN4O4. The average molecular weight is 358 g/mol. The van der Waals surface area contributed by atoms with Crippen molar-refractivity contribution in [2.75, 3.05) is 6.54 Å². The molecule has 0 radical (unpaired) electrons. The number of benzene rings is 2. The van der Waals surface area contributed by atoms with Crippen molar-refractivity contribution < 1.29 is 18.9 Å². The van der Waals surface area contributed by atoms with Crippen LogP contribution in [0.1, 0.15) is 21.5 Å². The van der Waals surface area contributed by atoms with E-state index in [1.807, 2.05) is 0 Å². The van der Waals surface area contributed by atoms with E-state index in [4.69, 9.17) is 0 Å². The topological polar surface area (TPSA) is 114 Å². The average Bonchev–Trinajstić information content (AvgIpc) is 2.61. The smallest absolute Gasteiger partial charge is 0.273 e. The molecule has 0 spiro atoms. The predicted molar refractivity (Wildman–Crippen MR) is 92.3 cm³/mol. The zero-order valence-corrected chi connectivity index (χ0v) is 13.7. The molecule has 2 amide bonds. The van der Waals surface area contributed by atoms with Crippen LogP contribution in [0.2, 0.25) is 0 Å². The van der Waals surface area contributed by atoms with Gasteiger partial charge in [0.05, 0.1) is 17.7 Å². The number of hydrazone groups is 1. The summed E-state index contributed by atoms with van der Waals surface area (Å²) in [5, 5.41) is 16.9. The number of carbonyl (C=O) groups excluding carboxylic acids is 2. The summed E-state index contributed by atoms with van der Waals surface area (Å²) < 4.78 is 12.8. The first-order valence-electron chi connectivity index (χ1n) is 7.48. The van der Waals surface area contributed by atoms with E-state index in [-0.39, 0.29) is 29.2 Å². The first kappa shape index (κ1) is 18.7. The fraction of sp³-hybridized carbons (Fsp3) is 0.118. The van der Waals surface area contributed by atoms with E-state index >= 15 is 0 Å². The second-order valence-electron chi connectivity index (χ2n) is 5.23. The molecule has 0 aromatic heterocycles. The van der Waals surface area contributed by atoms with Crippen molar-refractivity contribution in [3.63, 3.8) is 0 Å². The van der Waals surface area contributed by atoms with E-state index in [1.165, 1.54) is 55.6 Å². The number of hydrogen-bond donors (Lipinski definition) is 2. The van der Waals surface area contributed by atoms with Crippen LogP contribution in [0, 0.1) is 22.9 Å². The number of nitro groups is 1. The van der Waals surface area contributed by atoms with Gasteiger partial charge in [0.2, 0.25) is 0 Å². The first-order chi connectivity index (χ1) is 12.4. The molecule has 8 nitrogen and oxygen atoms in total. The fourth-order valence-electron chi connectivity index (χ4n) is 2.09. The normalized spacial score (nSPS) is 10.5. The highest BCUT2D eigenvalue weighted by Crippen LogP contribution is 2.20. The van der Waals surface area contributed by atoms with Gasteiger partial charge in [-0.25, -0.2) is 9.82 Å². The van der Waals surface area contributed by atoms with Crippen LogP contribution in [0.4, 0.5) is 10.1 Å². The fourth-order valence-corrected chi connectivity index (χ4v) is 2.09. The van der Waals surface area contributed by atoms with Gasteiger partial charge >= 0.3 is 0 Å². The SMILES string of the molecule is Cc1c(C(=O)NCC(=O)N/N=C/c2ccc(F)cc2)cccc1[N+](=O)[O-].